The third-order valence-electron chi connectivity index (χ3n) is 4.40. The minimum atomic E-state index is -0.671. The summed E-state index contributed by atoms with van der Waals surface area (Å²) in [5.74, 6) is 0.278. The lowest BCUT2D eigenvalue weighted by molar-refractivity contribution is 0.0869. The summed E-state index contributed by atoms with van der Waals surface area (Å²) in [4.78, 5) is 16.4. The Morgan fingerprint density at radius 3 is 2.71 bits per heavy atom. The average molecular weight is 428 g/mol. The number of hydrogen-bond acceptors (Lipinski definition) is 5. The standard InChI is InChI=1S/C20H25N3O3.2ClH/c1-13(2)26-17-7-16(9-21-11-17)20(25)23-12-19(24)18-8-14-5-3-4-6-15(14)10-22-18;;/h3-7,9,11,13,18-19,22,24H,8,10,12H2,1-2H3,(H,23,25);2*1H. The van der Waals surface area contributed by atoms with Crippen molar-refractivity contribution in [3.05, 3.63) is 59.4 Å². The molecule has 2 aromatic rings. The number of nitrogens with one attached hydrogen (secondary N) is 2. The van der Waals surface area contributed by atoms with Crippen molar-refractivity contribution in [2.45, 2.75) is 45.1 Å². The molecule has 1 amide bonds. The Morgan fingerprint density at radius 1 is 1.29 bits per heavy atom. The fourth-order valence-corrected chi connectivity index (χ4v) is 3.07. The van der Waals surface area contributed by atoms with E-state index in [1.807, 2.05) is 26.0 Å². The smallest absolute Gasteiger partial charge is 0.253 e. The number of halogens is 2. The number of pyridine rings is 1. The van der Waals surface area contributed by atoms with Crippen LogP contribution in [0.1, 0.15) is 35.3 Å². The maximum Gasteiger partial charge on any atom is 0.253 e. The Hall–Kier alpha value is -1.86. The van der Waals surface area contributed by atoms with E-state index in [2.05, 4.69) is 27.8 Å². The van der Waals surface area contributed by atoms with E-state index < -0.39 is 6.10 Å². The molecule has 2 atom stereocenters. The predicted molar refractivity (Wildman–Crippen MR) is 114 cm³/mol. The molecule has 0 aliphatic carbocycles. The molecule has 2 heterocycles. The Kier molecular flexibility index (Phi) is 9.69. The van der Waals surface area contributed by atoms with Gasteiger partial charge in [0.15, 0.2) is 0 Å². The first-order valence-electron chi connectivity index (χ1n) is 8.91. The molecular weight excluding hydrogens is 401 g/mol. The normalized spacial score (nSPS) is 16.2. The second kappa shape index (κ2) is 11.2. The molecule has 2 unspecified atom stereocenters. The molecule has 1 aliphatic rings. The number of amides is 1. The van der Waals surface area contributed by atoms with Crippen LogP contribution in [0.3, 0.4) is 0 Å². The monoisotopic (exact) mass is 427 g/mol. The number of carbonyl (C=O) groups is 1. The molecular formula is C20H27Cl2N3O3. The van der Waals surface area contributed by atoms with Crippen molar-refractivity contribution in [2.75, 3.05) is 6.54 Å². The lowest BCUT2D eigenvalue weighted by atomic mass is 9.93. The number of carbonyl (C=O) groups excluding carboxylic acids is 1. The highest BCUT2D eigenvalue weighted by atomic mass is 35.5. The topological polar surface area (TPSA) is 83.5 Å². The van der Waals surface area contributed by atoms with Gasteiger partial charge in [0.05, 0.1) is 24.0 Å². The molecule has 0 fully saturated rings. The largest absolute Gasteiger partial charge is 0.489 e. The van der Waals surface area contributed by atoms with E-state index in [1.54, 1.807) is 12.3 Å². The Labute approximate surface area is 177 Å². The molecule has 1 aliphatic heterocycles. The summed E-state index contributed by atoms with van der Waals surface area (Å²) >= 11 is 0. The van der Waals surface area contributed by atoms with Crippen LogP contribution >= 0.6 is 24.8 Å². The molecule has 0 saturated heterocycles. The van der Waals surface area contributed by atoms with Crippen LogP contribution in [0, 0.1) is 0 Å². The van der Waals surface area contributed by atoms with Crippen LogP contribution in [0.5, 0.6) is 5.75 Å². The Balaban J connectivity index is 0.00000196. The van der Waals surface area contributed by atoms with Crippen molar-refractivity contribution in [2.24, 2.45) is 0 Å². The minimum Gasteiger partial charge on any atom is -0.489 e. The molecule has 3 N–H and O–H groups in total. The zero-order valence-corrected chi connectivity index (χ0v) is 17.6. The van der Waals surface area contributed by atoms with Gasteiger partial charge >= 0.3 is 0 Å². The zero-order chi connectivity index (χ0) is 18.5. The number of rotatable bonds is 6. The van der Waals surface area contributed by atoms with E-state index in [9.17, 15) is 9.90 Å². The molecule has 1 aromatic carbocycles. The van der Waals surface area contributed by atoms with Gasteiger partial charge in [0, 0.05) is 25.3 Å². The van der Waals surface area contributed by atoms with Crippen molar-refractivity contribution in [1.29, 1.82) is 0 Å². The summed E-state index contributed by atoms with van der Waals surface area (Å²) in [6, 6.07) is 9.77. The second-order valence-corrected chi connectivity index (χ2v) is 6.81. The summed E-state index contributed by atoms with van der Waals surface area (Å²) in [7, 11) is 0. The van der Waals surface area contributed by atoms with E-state index in [4.69, 9.17) is 4.74 Å². The number of fused-ring (bicyclic) bond motifs is 1. The maximum atomic E-state index is 12.3. The first-order chi connectivity index (χ1) is 12.5. The second-order valence-electron chi connectivity index (χ2n) is 6.81. The first kappa shape index (κ1) is 24.2. The van der Waals surface area contributed by atoms with Crippen molar-refractivity contribution >= 4 is 30.7 Å². The molecule has 154 valence electrons. The van der Waals surface area contributed by atoms with Gasteiger partial charge in [-0.2, -0.15) is 0 Å². The van der Waals surface area contributed by atoms with Crippen molar-refractivity contribution in [3.63, 3.8) is 0 Å². The number of aliphatic hydroxyl groups is 1. The van der Waals surface area contributed by atoms with E-state index in [1.165, 1.54) is 17.3 Å². The van der Waals surface area contributed by atoms with Gasteiger partial charge in [0.1, 0.15) is 5.75 Å². The third-order valence-corrected chi connectivity index (χ3v) is 4.40. The third kappa shape index (κ3) is 6.34. The lowest BCUT2D eigenvalue weighted by Gasteiger charge is -2.30. The highest BCUT2D eigenvalue weighted by Crippen LogP contribution is 2.18. The van der Waals surface area contributed by atoms with Gasteiger partial charge in [0.2, 0.25) is 0 Å². The molecule has 8 heteroatoms. The molecule has 0 saturated carbocycles. The van der Waals surface area contributed by atoms with Gasteiger partial charge in [-0.05, 0) is 37.5 Å². The molecule has 6 nitrogen and oxygen atoms in total. The average Bonchev–Trinajstić information content (AvgIpc) is 2.65. The van der Waals surface area contributed by atoms with Gasteiger partial charge in [-0.15, -0.1) is 24.8 Å². The number of aromatic nitrogens is 1. The van der Waals surface area contributed by atoms with E-state index >= 15 is 0 Å². The lowest BCUT2D eigenvalue weighted by Crippen LogP contribution is -2.49. The fraction of sp³-hybridized carbons (Fsp3) is 0.400. The SMILES string of the molecule is CC(C)Oc1cncc(C(=O)NCC(O)C2Cc3ccccc3CN2)c1.Cl.Cl. The van der Waals surface area contributed by atoms with Crippen LogP contribution in [0.2, 0.25) is 0 Å². The Bertz CT molecular complexity index is 774. The van der Waals surface area contributed by atoms with Gasteiger partial charge in [-0.3, -0.25) is 9.78 Å². The molecule has 0 bridgehead atoms. The van der Waals surface area contributed by atoms with E-state index in [-0.39, 0.29) is 49.4 Å². The predicted octanol–water partition coefficient (Wildman–Crippen LogP) is 2.52. The molecule has 3 rings (SSSR count). The van der Waals surface area contributed by atoms with Crippen LogP contribution < -0.4 is 15.4 Å². The first-order valence-corrected chi connectivity index (χ1v) is 8.91. The van der Waals surface area contributed by atoms with E-state index in [0.29, 0.717) is 11.3 Å². The van der Waals surface area contributed by atoms with Crippen LogP contribution in [-0.4, -0.2) is 40.8 Å². The summed E-state index contributed by atoms with van der Waals surface area (Å²) < 4.78 is 5.56. The van der Waals surface area contributed by atoms with Crippen LogP contribution in [0.15, 0.2) is 42.7 Å². The summed E-state index contributed by atoms with van der Waals surface area (Å²) in [5, 5.41) is 16.6. The minimum absolute atomic E-state index is 0. The molecule has 28 heavy (non-hydrogen) atoms. The molecule has 0 radical (unpaired) electrons. The van der Waals surface area contributed by atoms with Crippen molar-refractivity contribution in [3.8, 4) is 5.75 Å². The summed E-state index contributed by atoms with van der Waals surface area (Å²) in [6.07, 6.45) is 3.15. The molecule has 1 aromatic heterocycles. The number of nitrogens with zero attached hydrogens (tertiary/aromatic N) is 1. The molecule has 0 spiro atoms. The fourth-order valence-electron chi connectivity index (χ4n) is 3.07. The summed E-state index contributed by atoms with van der Waals surface area (Å²) in [5.41, 5.74) is 2.91. The highest BCUT2D eigenvalue weighted by Gasteiger charge is 2.24. The van der Waals surface area contributed by atoms with Gasteiger partial charge < -0.3 is 20.5 Å². The number of ether oxygens (including phenoxy) is 1. The summed E-state index contributed by atoms with van der Waals surface area (Å²) in [6.45, 7) is 4.73. The maximum absolute atomic E-state index is 12.3. The van der Waals surface area contributed by atoms with Gasteiger partial charge in [-0.1, -0.05) is 24.3 Å². The van der Waals surface area contributed by atoms with Gasteiger partial charge in [0.25, 0.3) is 5.91 Å². The highest BCUT2D eigenvalue weighted by molar-refractivity contribution is 5.94. The van der Waals surface area contributed by atoms with Crippen LogP contribution in [0.4, 0.5) is 0 Å². The Morgan fingerprint density at radius 2 is 2.00 bits per heavy atom. The van der Waals surface area contributed by atoms with Crippen LogP contribution in [0.25, 0.3) is 0 Å². The number of benzene rings is 1. The van der Waals surface area contributed by atoms with Crippen molar-refractivity contribution in [1.82, 2.24) is 15.6 Å². The van der Waals surface area contributed by atoms with Gasteiger partial charge in [-0.25, -0.2) is 0 Å². The zero-order valence-electron chi connectivity index (χ0n) is 15.9. The number of aliphatic hydroxyl groups excluding tert-OH is 1. The quantitative estimate of drug-likeness (QED) is 0.659. The van der Waals surface area contributed by atoms with Crippen molar-refractivity contribution < 1.29 is 14.6 Å². The van der Waals surface area contributed by atoms with E-state index in [0.717, 1.165) is 13.0 Å². The van der Waals surface area contributed by atoms with Crippen LogP contribution in [-0.2, 0) is 13.0 Å². The number of hydrogen-bond donors (Lipinski definition) is 3.